The van der Waals surface area contributed by atoms with Crippen LogP contribution in [0.25, 0.3) is 0 Å². The van der Waals surface area contributed by atoms with E-state index in [0.29, 0.717) is 22.9 Å². The van der Waals surface area contributed by atoms with Crippen molar-refractivity contribution in [2.75, 3.05) is 38.5 Å². The molecule has 0 unspecified atom stereocenters. The van der Waals surface area contributed by atoms with Gasteiger partial charge in [-0.15, -0.1) is 0 Å². The van der Waals surface area contributed by atoms with Gasteiger partial charge >= 0.3 is 0 Å². The second-order valence-corrected chi connectivity index (χ2v) is 4.91. The second-order valence-electron chi connectivity index (χ2n) is 4.91. The fraction of sp³-hybridized carbons (Fsp3) is 0.235. The summed E-state index contributed by atoms with van der Waals surface area (Å²) in [6.45, 7) is -0.325. The van der Waals surface area contributed by atoms with Gasteiger partial charge in [0.05, 0.1) is 27.9 Å². The number of carbonyl (C=O) groups is 1. The molecule has 2 rings (SSSR count). The monoisotopic (exact) mass is 352 g/mol. The molecular weight excluding hydrogens is 334 g/mol. The highest BCUT2D eigenvalue weighted by molar-refractivity contribution is 5.94. The molecule has 0 bridgehead atoms. The predicted octanol–water partition coefficient (Wildman–Crippen LogP) is 3.04. The van der Waals surface area contributed by atoms with Crippen LogP contribution in [0.4, 0.5) is 20.2 Å². The van der Waals surface area contributed by atoms with Crippen LogP contribution in [0.1, 0.15) is 0 Å². The van der Waals surface area contributed by atoms with Crippen molar-refractivity contribution in [3.63, 3.8) is 0 Å². The van der Waals surface area contributed by atoms with Crippen LogP contribution >= 0.6 is 0 Å². The third kappa shape index (κ3) is 4.28. The average Bonchev–Trinajstić information content (AvgIpc) is 2.60. The Morgan fingerprint density at radius 1 is 1.00 bits per heavy atom. The minimum atomic E-state index is -0.777. The van der Waals surface area contributed by atoms with Gasteiger partial charge in [-0.25, -0.2) is 8.78 Å². The molecule has 0 saturated heterocycles. The topological polar surface area (TPSA) is 68.8 Å². The Bertz CT molecular complexity index is 723. The van der Waals surface area contributed by atoms with Crippen molar-refractivity contribution in [3.05, 3.63) is 42.0 Å². The molecule has 0 radical (unpaired) electrons. The van der Waals surface area contributed by atoms with Gasteiger partial charge in [-0.05, 0) is 12.1 Å². The number of para-hydroxylation sites is 1. The molecule has 0 atom stereocenters. The number of hydrogen-bond donors (Lipinski definition) is 2. The maximum Gasteiger partial charge on any atom is 0.243 e. The Labute approximate surface area is 143 Å². The Morgan fingerprint density at radius 3 is 2.04 bits per heavy atom. The number of ether oxygens (including phenoxy) is 3. The third-order valence-electron chi connectivity index (χ3n) is 3.34. The summed E-state index contributed by atoms with van der Waals surface area (Å²) in [4.78, 5) is 12.0. The molecule has 2 aromatic carbocycles. The van der Waals surface area contributed by atoms with Crippen LogP contribution in [0.5, 0.6) is 17.2 Å². The summed E-state index contributed by atoms with van der Waals surface area (Å²) in [5.41, 5.74) is 0.0258. The van der Waals surface area contributed by atoms with E-state index in [-0.39, 0.29) is 12.2 Å². The molecule has 8 heteroatoms. The predicted molar refractivity (Wildman–Crippen MR) is 89.6 cm³/mol. The van der Waals surface area contributed by atoms with E-state index in [1.165, 1.54) is 27.4 Å². The van der Waals surface area contributed by atoms with Gasteiger partial charge in [-0.3, -0.25) is 4.79 Å². The van der Waals surface area contributed by atoms with Crippen molar-refractivity contribution in [2.45, 2.75) is 0 Å². The number of methoxy groups -OCH3 is 3. The molecule has 0 aliphatic heterocycles. The maximum atomic E-state index is 13.5. The smallest absolute Gasteiger partial charge is 0.243 e. The van der Waals surface area contributed by atoms with Crippen LogP contribution in [-0.4, -0.2) is 33.8 Å². The normalized spacial score (nSPS) is 10.1. The van der Waals surface area contributed by atoms with Gasteiger partial charge in [0, 0.05) is 17.8 Å². The fourth-order valence-electron chi connectivity index (χ4n) is 2.19. The van der Waals surface area contributed by atoms with Crippen molar-refractivity contribution in [1.29, 1.82) is 0 Å². The zero-order valence-electron chi connectivity index (χ0n) is 14.0. The van der Waals surface area contributed by atoms with Gasteiger partial charge in [0.1, 0.15) is 17.3 Å². The van der Waals surface area contributed by atoms with Gasteiger partial charge < -0.3 is 24.8 Å². The van der Waals surface area contributed by atoms with Crippen molar-refractivity contribution in [1.82, 2.24) is 0 Å². The first-order valence-corrected chi connectivity index (χ1v) is 7.28. The van der Waals surface area contributed by atoms with Crippen LogP contribution in [-0.2, 0) is 4.79 Å². The van der Waals surface area contributed by atoms with E-state index in [9.17, 15) is 13.6 Å². The van der Waals surface area contributed by atoms with Crippen LogP contribution in [0.3, 0.4) is 0 Å². The average molecular weight is 352 g/mol. The first-order chi connectivity index (χ1) is 12.0. The number of amides is 1. The molecule has 2 N–H and O–H groups in total. The molecule has 0 aromatic heterocycles. The molecule has 0 aliphatic rings. The number of halogens is 2. The van der Waals surface area contributed by atoms with E-state index in [2.05, 4.69) is 10.6 Å². The molecule has 0 saturated carbocycles. The summed E-state index contributed by atoms with van der Waals surface area (Å²) in [5.74, 6) is -0.942. The zero-order valence-corrected chi connectivity index (χ0v) is 14.0. The molecule has 6 nitrogen and oxygen atoms in total. The third-order valence-corrected chi connectivity index (χ3v) is 3.34. The van der Waals surface area contributed by atoms with Crippen LogP contribution in [0.15, 0.2) is 30.3 Å². The van der Waals surface area contributed by atoms with E-state index in [1.54, 1.807) is 12.1 Å². The summed E-state index contributed by atoms with van der Waals surface area (Å²) in [6.07, 6.45) is 0. The fourth-order valence-corrected chi connectivity index (χ4v) is 2.19. The summed E-state index contributed by atoms with van der Waals surface area (Å²) in [7, 11) is 4.36. The van der Waals surface area contributed by atoms with E-state index in [1.807, 2.05) is 0 Å². The summed E-state index contributed by atoms with van der Waals surface area (Å²) in [5, 5.41) is 5.02. The number of hydrogen-bond acceptors (Lipinski definition) is 5. The lowest BCUT2D eigenvalue weighted by molar-refractivity contribution is -0.114. The molecule has 0 aliphatic carbocycles. The molecule has 0 spiro atoms. The van der Waals surface area contributed by atoms with Crippen molar-refractivity contribution < 1.29 is 27.8 Å². The first-order valence-electron chi connectivity index (χ1n) is 7.28. The van der Waals surface area contributed by atoms with E-state index < -0.39 is 17.5 Å². The second kappa shape index (κ2) is 8.18. The minimum Gasteiger partial charge on any atom is -0.493 e. The van der Waals surface area contributed by atoms with Crippen LogP contribution in [0.2, 0.25) is 0 Å². The van der Waals surface area contributed by atoms with Crippen LogP contribution < -0.4 is 24.8 Å². The molecule has 0 heterocycles. The summed E-state index contributed by atoms with van der Waals surface area (Å²) in [6, 6.07) is 6.53. The van der Waals surface area contributed by atoms with Gasteiger partial charge in [-0.2, -0.15) is 0 Å². The summed E-state index contributed by atoms with van der Waals surface area (Å²) < 4.78 is 42.6. The Balaban J connectivity index is 2.10. The van der Waals surface area contributed by atoms with Crippen LogP contribution in [0, 0.1) is 11.6 Å². The van der Waals surface area contributed by atoms with Crippen molar-refractivity contribution >= 4 is 17.3 Å². The SMILES string of the molecule is COc1cc(NC(=O)CNc2c(F)cccc2F)cc(OC)c1OC. The number of nitrogens with one attached hydrogen (secondary N) is 2. The molecule has 1 amide bonds. The highest BCUT2D eigenvalue weighted by Gasteiger charge is 2.15. The highest BCUT2D eigenvalue weighted by Crippen LogP contribution is 2.39. The van der Waals surface area contributed by atoms with Gasteiger partial charge in [0.15, 0.2) is 11.5 Å². The van der Waals surface area contributed by atoms with Gasteiger partial charge in [0.2, 0.25) is 11.7 Å². The van der Waals surface area contributed by atoms with E-state index in [4.69, 9.17) is 14.2 Å². The van der Waals surface area contributed by atoms with Gasteiger partial charge in [-0.1, -0.05) is 6.07 Å². The number of benzene rings is 2. The minimum absolute atomic E-state index is 0.325. The molecule has 134 valence electrons. The Kier molecular flexibility index (Phi) is 5.99. The lowest BCUT2D eigenvalue weighted by Gasteiger charge is -2.15. The number of anilines is 2. The van der Waals surface area contributed by atoms with Crippen molar-refractivity contribution in [3.8, 4) is 17.2 Å². The van der Waals surface area contributed by atoms with E-state index >= 15 is 0 Å². The number of rotatable bonds is 7. The Morgan fingerprint density at radius 2 is 1.56 bits per heavy atom. The van der Waals surface area contributed by atoms with Gasteiger partial charge in [0.25, 0.3) is 0 Å². The van der Waals surface area contributed by atoms with Crippen molar-refractivity contribution in [2.24, 2.45) is 0 Å². The largest absolute Gasteiger partial charge is 0.493 e. The molecule has 0 fully saturated rings. The lowest BCUT2D eigenvalue weighted by atomic mass is 10.2. The zero-order chi connectivity index (χ0) is 18.4. The standard InChI is InChI=1S/C17H18F2N2O4/c1-23-13-7-10(8-14(24-2)17(13)25-3)21-15(22)9-20-16-11(18)5-4-6-12(16)19/h4-8,20H,9H2,1-3H3,(H,21,22). The van der Waals surface area contributed by atoms with E-state index in [0.717, 1.165) is 12.1 Å². The highest BCUT2D eigenvalue weighted by atomic mass is 19.1. The quantitative estimate of drug-likeness (QED) is 0.802. The maximum absolute atomic E-state index is 13.5. The lowest BCUT2D eigenvalue weighted by Crippen LogP contribution is -2.22. The molecule has 2 aromatic rings. The molecule has 25 heavy (non-hydrogen) atoms. The summed E-state index contributed by atoms with van der Waals surface area (Å²) >= 11 is 0. The number of carbonyl (C=O) groups excluding carboxylic acids is 1. The first kappa shape index (κ1) is 18.3. The molecular formula is C17H18F2N2O4. The Hall–Kier alpha value is -3.03.